The number of halogens is 4. The Morgan fingerprint density at radius 3 is 2.37 bits per heavy atom. The summed E-state index contributed by atoms with van der Waals surface area (Å²) in [5.74, 6) is -0.118. The second-order valence-electron chi connectivity index (χ2n) is 3.71. The smallest absolute Gasteiger partial charge is 0.365 e. The van der Waals surface area contributed by atoms with Crippen molar-refractivity contribution >= 4 is 23.2 Å². The highest BCUT2D eigenvalue weighted by Gasteiger charge is 2.33. The first kappa shape index (κ1) is 14.1. The van der Waals surface area contributed by atoms with Crippen molar-refractivity contribution in [1.82, 2.24) is 9.97 Å². The summed E-state index contributed by atoms with van der Waals surface area (Å²) in [6.07, 6.45) is 1.20. The lowest BCUT2D eigenvalue weighted by Gasteiger charge is -2.13. The monoisotopic (exact) mass is 304 g/mol. The third-order valence-corrected chi connectivity index (χ3v) is 2.83. The van der Waals surface area contributed by atoms with Crippen LogP contribution in [0.2, 0.25) is 5.02 Å². The average molecular weight is 305 g/mol. The van der Waals surface area contributed by atoms with E-state index in [9.17, 15) is 8.78 Å². The second-order valence-corrected chi connectivity index (χ2v) is 4.62. The highest BCUT2D eigenvalue weighted by Crippen LogP contribution is 2.37. The van der Waals surface area contributed by atoms with Crippen LogP contribution in [0.4, 0.5) is 8.78 Å². The lowest BCUT2D eigenvalue weighted by atomic mass is 10.1. The first-order chi connectivity index (χ1) is 8.91. The highest BCUT2D eigenvalue weighted by molar-refractivity contribution is 6.30. The zero-order chi connectivity index (χ0) is 14.0. The van der Waals surface area contributed by atoms with E-state index in [1.807, 2.05) is 0 Å². The standard InChI is InChI=1S/C12H8Cl2F2N2O/c13-8-3-1-7(2-4-8)9-5-17-10(6-19)18-11(9)12(14,15)16/h1-5,19H,6H2. The van der Waals surface area contributed by atoms with Crippen molar-refractivity contribution < 1.29 is 13.9 Å². The van der Waals surface area contributed by atoms with Gasteiger partial charge in [0.25, 0.3) is 0 Å². The van der Waals surface area contributed by atoms with Gasteiger partial charge in [-0.3, -0.25) is 0 Å². The molecule has 0 unspecified atom stereocenters. The Morgan fingerprint density at radius 2 is 1.84 bits per heavy atom. The molecule has 0 bridgehead atoms. The van der Waals surface area contributed by atoms with Crippen molar-refractivity contribution in [3.05, 3.63) is 47.0 Å². The van der Waals surface area contributed by atoms with Gasteiger partial charge in [0.1, 0.15) is 12.3 Å². The van der Waals surface area contributed by atoms with Gasteiger partial charge < -0.3 is 5.11 Å². The Labute approximate surface area is 117 Å². The molecule has 0 atom stereocenters. The molecule has 7 heteroatoms. The summed E-state index contributed by atoms with van der Waals surface area (Å²) in [6.45, 7) is -0.541. The quantitative estimate of drug-likeness (QED) is 0.882. The summed E-state index contributed by atoms with van der Waals surface area (Å²) in [6, 6.07) is 6.25. The second kappa shape index (κ2) is 5.36. The van der Waals surface area contributed by atoms with Crippen LogP contribution in [0.5, 0.6) is 0 Å². The van der Waals surface area contributed by atoms with Gasteiger partial charge in [-0.15, -0.1) is 0 Å². The molecule has 19 heavy (non-hydrogen) atoms. The van der Waals surface area contributed by atoms with Crippen molar-refractivity contribution in [2.24, 2.45) is 0 Å². The van der Waals surface area contributed by atoms with Gasteiger partial charge in [-0.2, -0.15) is 8.78 Å². The van der Waals surface area contributed by atoms with Crippen LogP contribution >= 0.6 is 23.2 Å². The third-order valence-electron chi connectivity index (χ3n) is 2.40. The van der Waals surface area contributed by atoms with Gasteiger partial charge in [0.15, 0.2) is 5.82 Å². The number of aromatic nitrogens is 2. The number of nitrogens with zero attached hydrogens (tertiary/aromatic N) is 2. The van der Waals surface area contributed by atoms with E-state index in [1.54, 1.807) is 24.3 Å². The Morgan fingerprint density at radius 1 is 1.21 bits per heavy atom. The van der Waals surface area contributed by atoms with Crippen LogP contribution in [0.15, 0.2) is 30.5 Å². The number of rotatable bonds is 3. The number of benzene rings is 1. The molecule has 2 rings (SSSR count). The Hall–Kier alpha value is -1.30. The molecule has 0 radical (unpaired) electrons. The van der Waals surface area contributed by atoms with Gasteiger partial charge in [0.05, 0.1) is 0 Å². The number of alkyl halides is 3. The van der Waals surface area contributed by atoms with Crippen molar-refractivity contribution in [2.75, 3.05) is 0 Å². The van der Waals surface area contributed by atoms with E-state index in [0.717, 1.165) is 0 Å². The molecular formula is C12H8Cl2F2N2O. The minimum absolute atomic E-state index is 0.0915. The predicted molar refractivity (Wildman–Crippen MR) is 68.1 cm³/mol. The molecule has 100 valence electrons. The summed E-state index contributed by atoms with van der Waals surface area (Å²) in [5.41, 5.74) is -0.0892. The lowest BCUT2D eigenvalue weighted by Crippen LogP contribution is -2.12. The molecule has 0 saturated heterocycles. The summed E-state index contributed by atoms with van der Waals surface area (Å²) >= 11 is 10.8. The van der Waals surface area contributed by atoms with Crippen molar-refractivity contribution in [3.63, 3.8) is 0 Å². The molecular weight excluding hydrogens is 297 g/mol. The minimum Gasteiger partial charge on any atom is -0.388 e. The Kier molecular flexibility index (Phi) is 3.99. The molecule has 0 aliphatic heterocycles. The summed E-state index contributed by atoms with van der Waals surface area (Å²) in [7, 11) is 0. The van der Waals surface area contributed by atoms with Gasteiger partial charge in [-0.1, -0.05) is 23.7 Å². The largest absolute Gasteiger partial charge is 0.388 e. The van der Waals surface area contributed by atoms with E-state index in [-0.39, 0.29) is 11.4 Å². The first-order valence-electron chi connectivity index (χ1n) is 5.21. The average Bonchev–Trinajstić information content (AvgIpc) is 2.38. The van der Waals surface area contributed by atoms with Crippen LogP contribution in [0, 0.1) is 0 Å². The maximum atomic E-state index is 13.4. The molecule has 3 nitrogen and oxygen atoms in total. The SMILES string of the molecule is OCc1ncc(-c2ccc(Cl)cc2)c(C(F)(F)Cl)n1. The molecule has 0 spiro atoms. The molecule has 0 aliphatic rings. The lowest BCUT2D eigenvalue weighted by molar-refractivity contribution is 0.0898. The van der Waals surface area contributed by atoms with Gasteiger partial charge in [-0.05, 0) is 29.3 Å². The molecule has 1 N–H and O–H groups in total. The van der Waals surface area contributed by atoms with E-state index in [0.29, 0.717) is 10.6 Å². The number of aliphatic hydroxyl groups is 1. The normalized spacial score (nSPS) is 11.6. The van der Waals surface area contributed by atoms with Crippen LogP contribution in [-0.4, -0.2) is 15.1 Å². The molecule has 2 aromatic rings. The first-order valence-corrected chi connectivity index (χ1v) is 5.97. The highest BCUT2D eigenvalue weighted by atomic mass is 35.5. The van der Waals surface area contributed by atoms with Crippen LogP contribution in [0.3, 0.4) is 0 Å². The minimum atomic E-state index is -3.65. The fraction of sp³-hybridized carbons (Fsp3) is 0.167. The number of aliphatic hydroxyl groups excluding tert-OH is 1. The molecule has 0 fully saturated rings. The molecule has 0 saturated carbocycles. The molecule has 1 aromatic carbocycles. The van der Waals surface area contributed by atoms with Gasteiger partial charge in [0.2, 0.25) is 0 Å². The Balaban J connectivity index is 2.59. The molecule has 1 aromatic heterocycles. The van der Waals surface area contributed by atoms with E-state index in [1.165, 1.54) is 6.20 Å². The summed E-state index contributed by atoms with van der Waals surface area (Å²) in [5, 5.41) is 5.73. The zero-order valence-corrected chi connectivity index (χ0v) is 11.0. The van der Waals surface area contributed by atoms with Crippen molar-refractivity contribution in [2.45, 2.75) is 12.0 Å². The fourth-order valence-electron chi connectivity index (χ4n) is 1.55. The Bertz CT molecular complexity index is 585. The predicted octanol–water partition coefficient (Wildman–Crippen LogP) is 3.58. The number of hydrogen-bond donors (Lipinski definition) is 1. The summed E-state index contributed by atoms with van der Waals surface area (Å²) < 4.78 is 26.7. The van der Waals surface area contributed by atoms with Crippen LogP contribution in [0.1, 0.15) is 11.5 Å². The van der Waals surface area contributed by atoms with Crippen LogP contribution in [0.25, 0.3) is 11.1 Å². The van der Waals surface area contributed by atoms with E-state index >= 15 is 0 Å². The van der Waals surface area contributed by atoms with Crippen molar-refractivity contribution in [3.8, 4) is 11.1 Å². The topological polar surface area (TPSA) is 46.0 Å². The zero-order valence-electron chi connectivity index (χ0n) is 9.45. The summed E-state index contributed by atoms with van der Waals surface area (Å²) in [4.78, 5) is 7.37. The fourth-order valence-corrected chi connectivity index (χ4v) is 1.82. The van der Waals surface area contributed by atoms with Crippen LogP contribution < -0.4 is 0 Å². The molecule has 1 heterocycles. The molecule has 0 aliphatic carbocycles. The van der Waals surface area contributed by atoms with E-state index in [4.69, 9.17) is 28.3 Å². The van der Waals surface area contributed by atoms with Gasteiger partial charge >= 0.3 is 5.38 Å². The van der Waals surface area contributed by atoms with Crippen molar-refractivity contribution in [1.29, 1.82) is 0 Å². The van der Waals surface area contributed by atoms with Gasteiger partial charge in [-0.25, -0.2) is 9.97 Å². The van der Waals surface area contributed by atoms with Crippen LogP contribution in [-0.2, 0) is 12.0 Å². The van der Waals surface area contributed by atoms with Gasteiger partial charge in [0, 0.05) is 16.8 Å². The third kappa shape index (κ3) is 3.18. The van der Waals surface area contributed by atoms with E-state index in [2.05, 4.69) is 9.97 Å². The maximum Gasteiger partial charge on any atom is 0.365 e. The number of hydrogen-bond acceptors (Lipinski definition) is 3. The van der Waals surface area contributed by atoms with E-state index < -0.39 is 17.7 Å². The molecule has 0 amide bonds. The maximum absolute atomic E-state index is 13.4.